The van der Waals surface area contributed by atoms with Crippen LogP contribution >= 0.6 is 0 Å². The first kappa shape index (κ1) is 16.3. The van der Waals surface area contributed by atoms with Crippen LogP contribution in [0.2, 0.25) is 0 Å². The van der Waals surface area contributed by atoms with Crippen molar-refractivity contribution in [2.75, 3.05) is 7.11 Å². The Kier molecular flexibility index (Phi) is 5.53. The molecule has 0 saturated carbocycles. The van der Waals surface area contributed by atoms with E-state index in [4.69, 9.17) is 5.11 Å². The van der Waals surface area contributed by atoms with Gasteiger partial charge in [-0.2, -0.15) is 0 Å². The fraction of sp³-hybridized carbons (Fsp3) is 0.308. The Morgan fingerprint density at radius 1 is 1.24 bits per heavy atom. The highest BCUT2D eigenvalue weighted by atomic mass is 16.5. The van der Waals surface area contributed by atoms with Crippen molar-refractivity contribution in [2.45, 2.75) is 18.9 Å². The third-order valence-electron chi connectivity index (χ3n) is 2.72. The summed E-state index contributed by atoms with van der Waals surface area (Å²) in [6.45, 7) is 0. The molecular weight excluding hydrogens is 282 g/mol. The largest absolute Gasteiger partial charge is 0.507 e. The monoisotopic (exact) mass is 297 g/mol. The quantitative estimate of drug-likeness (QED) is 0.552. The number of nitrogens with one attached hydrogen (secondary N) is 1. The Morgan fingerprint density at radius 3 is 2.29 bits per heavy atom. The average Bonchev–Trinajstić information content (AvgIpc) is 2.42. The summed E-state index contributed by atoms with van der Waals surface area (Å²) in [5.74, 6) is -3.87. The number of carboxylic acid groups (broad SMARTS) is 1. The molecule has 0 aliphatic carbocycles. The molecule has 0 aliphatic heterocycles. The van der Waals surface area contributed by atoms with Gasteiger partial charge in [0.05, 0.1) is 7.11 Å². The number of carbonyl (C=O) groups excluding carboxylic acids is 2. The molecule has 0 fully saturated rings. The maximum absolute atomic E-state index is 11.9. The minimum Gasteiger partial charge on any atom is -0.507 e. The molecule has 1 atom stereocenters. The number of esters is 1. The summed E-state index contributed by atoms with van der Waals surface area (Å²) in [5, 5.41) is 30.2. The van der Waals surface area contributed by atoms with E-state index in [1.54, 1.807) is 0 Å². The lowest BCUT2D eigenvalue weighted by molar-refractivity contribution is -0.142. The van der Waals surface area contributed by atoms with Crippen molar-refractivity contribution in [3.8, 4) is 11.5 Å². The summed E-state index contributed by atoms with van der Waals surface area (Å²) in [6.07, 6.45) is -0.372. The zero-order valence-electron chi connectivity index (χ0n) is 11.2. The lowest BCUT2D eigenvalue weighted by Crippen LogP contribution is -2.41. The van der Waals surface area contributed by atoms with Crippen LogP contribution in [-0.4, -0.2) is 46.3 Å². The van der Waals surface area contributed by atoms with E-state index >= 15 is 0 Å². The molecule has 0 aromatic heterocycles. The van der Waals surface area contributed by atoms with Gasteiger partial charge >= 0.3 is 11.9 Å². The molecule has 8 nitrogen and oxygen atoms in total. The molecule has 1 aromatic carbocycles. The van der Waals surface area contributed by atoms with Crippen LogP contribution in [0.3, 0.4) is 0 Å². The number of amides is 1. The van der Waals surface area contributed by atoms with Crippen LogP contribution in [-0.2, 0) is 14.3 Å². The van der Waals surface area contributed by atoms with Gasteiger partial charge in [0.25, 0.3) is 5.91 Å². The van der Waals surface area contributed by atoms with E-state index in [9.17, 15) is 24.6 Å². The van der Waals surface area contributed by atoms with E-state index < -0.39 is 41.0 Å². The normalized spacial score (nSPS) is 11.5. The minimum atomic E-state index is -1.35. The minimum absolute atomic E-state index is 0.178. The number of hydrogen-bond acceptors (Lipinski definition) is 6. The van der Waals surface area contributed by atoms with Gasteiger partial charge in [0.15, 0.2) is 0 Å². The topological polar surface area (TPSA) is 133 Å². The second-order valence-electron chi connectivity index (χ2n) is 4.15. The summed E-state index contributed by atoms with van der Waals surface area (Å²) in [7, 11) is 1.16. The molecule has 1 amide bonds. The van der Waals surface area contributed by atoms with Gasteiger partial charge in [-0.15, -0.1) is 0 Å². The Hall–Kier alpha value is -2.77. The highest BCUT2D eigenvalue weighted by Gasteiger charge is 2.24. The zero-order valence-corrected chi connectivity index (χ0v) is 11.2. The number of aliphatic carboxylic acids is 1. The third-order valence-corrected chi connectivity index (χ3v) is 2.72. The third kappa shape index (κ3) is 4.37. The number of aromatic hydroxyl groups is 2. The zero-order chi connectivity index (χ0) is 16.0. The maximum Gasteiger partial charge on any atom is 0.326 e. The first-order valence-electron chi connectivity index (χ1n) is 5.98. The number of methoxy groups -OCH3 is 1. The number of hydrogen-bond donors (Lipinski definition) is 4. The van der Waals surface area contributed by atoms with E-state index in [0.29, 0.717) is 0 Å². The SMILES string of the molecule is COC(=O)CCC(NC(=O)c1c(O)cccc1O)C(=O)O. The van der Waals surface area contributed by atoms with Crippen LogP contribution in [0.25, 0.3) is 0 Å². The smallest absolute Gasteiger partial charge is 0.326 e. The van der Waals surface area contributed by atoms with Gasteiger partial charge in [0.1, 0.15) is 23.1 Å². The second-order valence-corrected chi connectivity index (χ2v) is 4.15. The van der Waals surface area contributed by atoms with Gasteiger partial charge < -0.3 is 25.4 Å². The maximum atomic E-state index is 11.9. The summed E-state index contributed by atoms with van der Waals surface area (Å²) in [4.78, 5) is 33.9. The standard InChI is InChI=1S/C13H15NO7/c1-21-10(17)6-5-7(13(19)20)14-12(18)11-8(15)3-2-4-9(11)16/h2-4,7,15-16H,5-6H2,1H3,(H,14,18)(H,19,20). The van der Waals surface area contributed by atoms with Gasteiger partial charge in [-0.1, -0.05) is 6.07 Å². The van der Waals surface area contributed by atoms with Crippen LogP contribution in [0.15, 0.2) is 18.2 Å². The average molecular weight is 297 g/mol. The van der Waals surface area contributed by atoms with Crippen LogP contribution in [0.5, 0.6) is 11.5 Å². The molecule has 21 heavy (non-hydrogen) atoms. The van der Waals surface area contributed by atoms with Crippen molar-refractivity contribution in [1.29, 1.82) is 0 Å². The second kappa shape index (κ2) is 7.13. The fourth-order valence-electron chi connectivity index (χ4n) is 1.61. The Bertz CT molecular complexity index is 535. The van der Waals surface area contributed by atoms with Crippen molar-refractivity contribution >= 4 is 17.8 Å². The summed E-state index contributed by atoms with van der Waals surface area (Å²) in [5.41, 5.74) is -0.429. The van der Waals surface area contributed by atoms with E-state index in [1.807, 2.05) is 0 Å². The molecule has 0 spiro atoms. The molecule has 1 rings (SSSR count). The van der Waals surface area contributed by atoms with Crippen LogP contribution in [0, 0.1) is 0 Å². The van der Waals surface area contributed by atoms with Crippen molar-refractivity contribution in [3.63, 3.8) is 0 Å². The molecule has 8 heteroatoms. The van der Waals surface area contributed by atoms with Gasteiger partial charge in [-0.3, -0.25) is 9.59 Å². The molecule has 0 bridgehead atoms. The van der Waals surface area contributed by atoms with Gasteiger partial charge in [-0.25, -0.2) is 4.79 Å². The number of ether oxygens (including phenoxy) is 1. The molecule has 0 radical (unpaired) electrons. The van der Waals surface area contributed by atoms with Crippen molar-refractivity contribution in [3.05, 3.63) is 23.8 Å². The molecule has 114 valence electrons. The molecule has 1 aromatic rings. The molecule has 0 heterocycles. The van der Waals surface area contributed by atoms with Crippen LogP contribution < -0.4 is 5.32 Å². The number of carboxylic acids is 1. The number of phenols is 2. The predicted octanol–water partition coefficient (Wildman–Crippen LogP) is 0.234. The highest BCUT2D eigenvalue weighted by molar-refractivity contribution is 6.01. The van der Waals surface area contributed by atoms with E-state index in [1.165, 1.54) is 18.2 Å². The molecule has 0 aliphatic rings. The summed E-state index contributed by atoms with van der Waals surface area (Å²) >= 11 is 0. The summed E-state index contributed by atoms with van der Waals surface area (Å²) < 4.78 is 4.38. The Morgan fingerprint density at radius 2 is 1.81 bits per heavy atom. The number of phenolic OH excluding ortho intramolecular Hbond substituents is 2. The van der Waals surface area contributed by atoms with Crippen molar-refractivity contribution in [2.24, 2.45) is 0 Å². The Labute approximate surface area is 120 Å². The Balaban J connectivity index is 2.82. The lowest BCUT2D eigenvalue weighted by Gasteiger charge is -2.15. The molecule has 1 unspecified atom stereocenters. The van der Waals surface area contributed by atoms with Crippen LogP contribution in [0.4, 0.5) is 0 Å². The first-order chi connectivity index (χ1) is 9.86. The van der Waals surface area contributed by atoms with Crippen molar-refractivity contribution in [1.82, 2.24) is 5.32 Å². The summed E-state index contributed by atoms with van der Waals surface area (Å²) in [6, 6.07) is 2.33. The van der Waals surface area contributed by atoms with E-state index in [0.717, 1.165) is 7.11 Å². The van der Waals surface area contributed by atoms with Gasteiger partial charge in [0.2, 0.25) is 0 Å². The van der Waals surface area contributed by atoms with Crippen molar-refractivity contribution < 1.29 is 34.4 Å². The fourth-order valence-corrected chi connectivity index (χ4v) is 1.61. The lowest BCUT2D eigenvalue weighted by atomic mass is 10.1. The van der Waals surface area contributed by atoms with Gasteiger partial charge in [0, 0.05) is 6.42 Å². The highest BCUT2D eigenvalue weighted by Crippen LogP contribution is 2.26. The van der Waals surface area contributed by atoms with Crippen LogP contribution in [0.1, 0.15) is 23.2 Å². The number of carbonyl (C=O) groups is 3. The molecular formula is C13H15NO7. The molecule has 0 saturated heterocycles. The number of rotatable bonds is 6. The number of benzene rings is 1. The molecule has 4 N–H and O–H groups in total. The predicted molar refractivity (Wildman–Crippen MR) is 69.9 cm³/mol. The first-order valence-corrected chi connectivity index (χ1v) is 5.98. The van der Waals surface area contributed by atoms with E-state index in [-0.39, 0.29) is 12.8 Å². The van der Waals surface area contributed by atoms with Gasteiger partial charge in [-0.05, 0) is 18.6 Å². The van der Waals surface area contributed by atoms with E-state index in [2.05, 4.69) is 10.1 Å².